The molecular formula is C13H11F2N3OS. The number of hydrogen-bond donors (Lipinski definition) is 0. The van der Waals surface area contributed by atoms with E-state index >= 15 is 0 Å². The molecule has 0 fully saturated rings. The fourth-order valence-corrected chi connectivity index (χ4v) is 2.71. The van der Waals surface area contributed by atoms with Crippen molar-refractivity contribution in [1.82, 2.24) is 14.6 Å². The molecule has 20 heavy (non-hydrogen) atoms. The first-order chi connectivity index (χ1) is 9.67. The number of benzene rings is 1. The van der Waals surface area contributed by atoms with E-state index in [0.717, 1.165) is 16.4 Å². The standard InChI is InChI=1S/C13H11F2N3OS/c1-2-11-17-18-7-9(16-13(18)20-11)8-5-3-4-6-10(8)19-12(14)15/h3-7,12H,2H2,1H3. The monoisotopic (exact) mass is 295 g/mol. The zero-order chi connectivity index (χ0) is 14.1. The number of fused-ring (bicyclic) bond motifs is 1. The second-order valence-electron chi connectivity index (χ2n) is 4.08. The molecule has 0 unspecified atom stereocenters. The molecule has 104 valence electrons. The van der Waals surface area contributed by atoms with Gasteiger partial charge in [0, 0.05) is 5.56 Å². The maximum Gasteiger partial charge on any atom is 0.387 e. The van der Waals surface area contributed by atoms with Crippen LogP contribution in [0.3, 0.4) is 0 Å². The van der Waals surface area contributed by atoms with Crippen LogP contribution >= 0.6 is 11.3 Å². The Morgan fingerprint density at radius 1 is 1.35 bits per heavy atom. The Balaban J connectivity index is 2.03. The molecule has 4 nitrogen and oxygen atoms in total. The van der Waals surface area contributed by atoms with Crippen LogP contribution in [0.4, 0.5) is 8.78 Å². The highest BCUT2D eigenvalue weighted by atomic mass is 32.1. The Kier molecular flexibility index (Phi) is 3.35. The predicted molar refractivity (Wildman–Crippen MR) is 72.3 cm³/mol. The summed E-state index contributed by atoms with van der Waals surface area (Å²) in [5, 5.41) is 5.33. The summed E-state index contributed by atoms with van der Waals surface area (Å²) < 4.78 is 31.0. The smallest absolute Gasteiger partial charge is 0.387 e. The van der Waals surface area contributed by atoms with Crippen LogP contribution in [0.5, 0.6) is 5.75 Å². The summed E-state index contributed by atoms with van der Waals surface area (Å²) in [5.41, 5.74) is 1.10. The van der Waals surface area contributed by atoms with Crippen molar-refractivity contribution in [1.29, 1.82) is 0 Å². The van der Waals surface area contributed by atoms with E-state index < -0.39 is 6.61 Å². The van der Waals surface area contributed by atoms with E-state index in [0.29, 0.717) is 11.3 Å². The summed E-state index contributed by atoms with van der Waals surface area (Å²) in [5.74, 6) is 0.115. The average molecular weight is 295 g/mol. The molecule has 0 radical (unpaired) electrons. The summed E-state index contributed by atoms with van der Waals surface area (Å²) in [6.07, 6.45) is 2.56. The molecule has 0 bridgehead atoms. The van der Waals surface area contributed by atoms with Crippen LogP contribution in [-0.2, 0) is 6.42 Å². The van der Waals surface area contributed by atoms with Gasteiger partial charge in [-0.2, -0.15) is 13.9 Å². The van der Waals surface area contributed by atoms with Gasteiger partial charge >= 0.3 is 6.61 Å². The van der Waals surface area contributed by atoms with Crippen molar-refractivity contribution in [3.05, 3.63) is 35.5 Å². The van der Waals surface area contributed by atoms with Gasteiger partial charge in [-0.05, 0) is 18.6 Å². The van der Waals surface area contributed by atoms with Crippen LogP contribution < -0.4 is 4.74 Å². The Morgan fingerprint density at radius 3 is 2.85 bits per heavy atom. The predicted octanol–water partition coefficient (Wildman–Crippen LogP) is 3.62. The number of halogens is 2. The number of aromatic nitrogens is 3. The van der Waals surface area contributed by atoms with Gasteiger partial charge in [-0.25, -0.2) is 9.50 Å². The molecule has 0 saturated heterocycles. The fourth-order valence-electron chi connectivity index (χ4n) is 1.89. The van der Waals surface area contributed by atoms with E-state index in [-0.39, 0.29) is 5.75 Å². The van der Waals surface area contributed by atoms with Crippen LogP contribution in [0.25, 0.3) is 16.2 Å². The number of ether oxygens (including phenoxy) is 1. The van der Waals surface area contributed by atoms with E-state index in [2.05, 4.69) is 14.8 Å². The SMILES string of the molecule is CCc1nn2cc(-c3ccccc3OC(F)F)nc2s1. The molecule has 2 aromatic heterocycles. The van der Waals surface area contributed by atoms with Gasteiger partial charge in [0.25, 0.3) is 0 Å². The van der Waals surface area contributed by atoms with E-state index in [1.165, 1.54) is 17.4 Å². The summed E-state index contributed by atoms with van der Waals surface area (Å²) in [6.45, 7) is -0.838. The molecule has 7 heteroatoms. The van der Waals surface area contributed by atoms with Gasteiger partial charge in [0.05, 0.1) is 11.9 Å². The molecule has 0 aliphatic heterocycles. The summed E-state index contributed by atoms with van der Waals surface area (Å²) in [7, 11) is 0. The maximum absolute atomic E-state index is 12.4. The molecule has 0 N–H and O–H groups in total. The van der Waals surface area contributed by atoms with Gasteiger partial charge in [-0.1, -0.05) is 30.4 Å². The number of aryl methyl sites for hydroxylation is 1. The van der Waals surface area contributed by atoms with Gasteiger partial charge in [-0.15, -0.1) is 0 Å². The van der Waals surface area contributed by atoms with Gasteiger partial charge in [0.1, 0.15) is 10.8 Å². The van der Waals surface area contributed by atoms with Crippen molar-refractivity contribution >= 4 is 16.3 Å². The lowest BCUT2D eigenvalue weighted by Crippen LogP contribution is -2.03. The van der Waals surface area contributed by atoms with E-state index in [1.807, 2.05) is 6.92 Å². The molecule has 0 amide bonds. The third-order valence-electron chi connectivity index (χ3n) is 2.77. The van der Waals surface area contributed by atoms with Gasteiger partial charge in [-0.3, -0.25) is 0 Å². The van der Waals surface area contributed by atoms with Crippen LogP contribution in [0.2, 0.25) is 0 Å². The molecule has 2 heterocycles. The third kappa shape index (κ3) is 2.36. The van der Waals surface area contributed by atoms with Crippen LogP contribution in [-0.4, -0.2) is 21.2 Å². The second-order valence-corrected chi connectivity index (χ2v) is 5.12. The summed E-state index contributed by atoms with van der Waals surface area (Å²) >= 11 is 1.48. The topological polar surface area (TPSA) is 39.4 Å². The van der Waals surface area contributed by atoms with Crippen molar-refractivity contribution in [3.63, 3.8) is 0 Å². The number of para-hydroxylation sites is 1. The van der Waals surface area contributed by atoms with E-state index in [9.17, 15) is 8.78 Å². The highest BCUT2D eigenvalue weighted by Crippen LogP contribution is 2.31. The Labute approximate surface area is 117 Å². The molecule has 0 spiro atoms. The molecule has 0 saturated carbocycles. The molecule has 0 atom stereocenters. The highest BCUT2D eigenvalue weighted by molar-refractivity contribution is 7.16. The molecule has 3 aromatic rings. The van der Waals surface area contributed by atoms with Gasteiger partial charge in [0.2, 0.25) is 4.96 Å². The number of nitrogens with zero attached hydrogens (tertiary/aromatic N) is 3. The normalized spacial score (nSPS) is 11.4. The zero-order valence-corrected chi connectivity index (χ0v) is 11.4. The van der Waals surface area contributed by atoms with E-state index in [4.69, 9.17) is 0 Å². The molecule has 0 aliphatic carbocycles. The van der Waals surface area contributed by atoms with Crippen LogP contribution in [0.15, 0.2) is 30.5 Å². The Bertz CT molecular complexity index is 707. The first kappa shape index (κ1) is 13.0. The minimum atomic E-state index is -2.86. The van der Waals surface area contributed by atoms with Crippen molar-refractivity contribution in [2.24, 2.45) is 0 Å². The Morgan fingerprint density at radius 2 is 2.15 bits per heavy atom. The number of alkyl halides is 2. The van der Waals surface area contributed by atoms with Crippen molar-refractivity contribution < 1.29 is 13.5 Å². The lowest BCUT2D eigenvalue weighted by molar-refractivity contribution is -0.0494. The highest BCUT2D eigenvalue weighted by Gasteiger charge is 2.14. The molecular weight excluding hydrogens is 284 g/mol. The first-order valence-electron chi connectivity index (χ1n) is 6.06. The maximum atomic E-state index is 12.4. The largest absolute Gasteiger partial charge is 0.434 e. The minimum absolute atomic E-state index is 0.115. The summed E-state index contributed by atoms with van der Waals surface area (Å²) in [4.78, 5) is 5.15. The molecule has 3 rings (SSSR count). The van der Waals surface area contributed by atoms with Crippen molar-refractivity contribution in [2.75, 3.05) is 0 Å². The third-order valence-corrected chi connectivity index (χ3v) is 3.83. The Hall–Kier alpha value is -2.02. The summed E-state index contributed by atoms with van der Waals surface area (Å²) in [6, 6.07) is 6.60. The minimum Gasteiger partial charge on any atom is -0.434 e. The number of rotatable bonds is 4. The van der Waals surface area contributed by atoms with Crippen molar-refractivity contribution in [3.8, 4) is 17.0 Å². The van der Waals surface area contributed by atoms with Gasteiger partial charge < -0.3 is 4.74 Å². The average Bonchev–Trinajstić information content (AvgIpc) is 2.96. The lowest BCUT2D eigenvalue weighted by Gasteiger charge is -2.08. The van der Waals surface area contributed by atoms with Crippen molar-refractivity contribution in [2.45, 2.75) is 20.0 Å². The lowest BCUT2D eigenvalue weighted by atomic mass is 10.1. The van der Waals surface area contributed by atoms with Crippen LogP contribution in [0, 0.1) is 0 Å². The number of hydrogen-bond acceptors (Lipinski definition) is 4. The zero-order valence-electron chi connectivity index (χ0n) is 10.6. The first-order valence-corrected chi connectivity index (χ1v) is 6.88. The van der Waals surface area contributed by atoms with E-state index in [1.54, 1.807) is 28.9 Å². The molecule has 1 aromatic carbocycles. The number of imidazole rings is 1. The quantitative estimate of drug-likeness (QED) is 0.738. The fraction of sp³-hybridized carbons (Fsp3) is 0.231. The van der Waals surface area contributed by atoms with Gasteiger partial charge in [0.15, 0.2) is 0 Å². The molecule has 0 aliphatic rings. The second kappa shape index (κ2) is 5.16. The van der Waals surface area contributed by atoms with Crippen LogP contribution in [0.1, 0.15) is 11.9 Å².